The van der Waals surface area contributed by atoms with Gasteiger partial charge in [-0.3, -0.25) is 9.59 Å². The van der Waals surface area contributed by atoms with Gasteiger partial charge in [-0.25, -0.2) is 0 Å². The highest BCUT2D eigenvalue weighted by Crippen LogP contribution is 2.28. The van der Waals surface area contributed by atoms with E-state index in [1.807, 2.05) is 24.3 Å². The average Bonchev–Trinajstić information content (AvgIpc) is 2.98. The van der Waals surface area contributed by atoms with Crippen LogP contribution >= 0.6 is 11.8 Å². The molecule has 136 valence electrons. The van der Waals surface area contributed by atoms with Crippen molar-refractivity contribution in [3.8, 4) is 11.5 Å². The summed E-state index contributed by atoms with van der Waals surface area (Å²) in [6.07, 6.45) is -0.150. The second kappa shape index (κ2) is 8.38. The lowest BCUT2D eigenvalue weighted by Gasteiger charge is -2.14. The Bertz CT molecular complexity index is 770. The molecule has 1 heterocycles. The van der Waals surface area contributed by atoms with Crippen LogP contribution in [0.25, 0.3) is 0 Å². The van der Waals surface area contributed by atoms with Crippen molar-refractivity contribution < 1.29 is 24.2 Å². The summed E-state index contributed by atoms with van der Waals surface area (Å²) in [6, 6.07) is 14.6. The van der Waals surface area contributed by atoms with Gasteiger partial charge in [0.1, 0.15) is 24.2 Å². The highest BCUT2D eigenvalue weighted by Gasteiger charge is 2.31. The molecule has 1 aliphatic rings. The van der Waals surface area contributed by atoms with E-state index in [-0.39, 0.29) is 29.2 Å². The van der Waals surface area contributed by atoms with Crippen molar-refractivity contribution in [1.82, 2.24) is 0 Å². The summed E-state index contributed by atoms with van der Waals surface area (Å²) in [4.78, 5) is 23.0. The molecule has 0 saturated carbocycles. The Labute approximate surface area is 156 Å². The first-order valence-corrected chi connectivity index (χ1v) is 9.19. The molecule has 2 aromatic carbocycles. The van der Waals surface area contributed by atoms with Gasteiger partial charge in [-0.2, -0.15) is 0 Å². The van der Waals surface area contributed by atoms with Gasteiger partial charge in [-0.05, 0) is 41.8 Å². The second-order valence-electron chi connectivity index (χ2n) is 6.07. The van der Waals surface area contributed by atoms with Gasteiger partial charge in [0.15, 0.2) is 10.9 Å². The number of aliphatic hydroxyl groups excluding tert-OH is 1. The molecule has 1 saturated heterocycles. The van der Waals surface area contributed by atoms with E-state index < -0.39 is 6.10 Å². The van der Waals surface area contributed by atoms with Gasteiger partial charge in [-0.15, -0.1) is 0 Å². The number of hydrogen-bond acceptors (Lipinski definition) is 6. The van der Waals surface area contributed by atoms with E-state index in [2.05, 4.69) is 0 Å². The van der Waals surface area contributed by atoms with Gasteiger partial charge < -0.3 is 14.6 Å². The number of ether oxygens (including phenoxy) is 2. The van der Waals surface area contributed by atoms with Crippen LogP contribution in [0.2, 0.25) is 0 Å². The maximum Gasteiger partial charge on any atom is 0.197 e. The molecule has 3 rings (SSSR count). The highest BCUT2D eigenvalue weighted by molar-refractivity contribution is 8.15. The normalized spacial score (nSPS) is 18.0. The molecule has 1 fully saturated rings. The molecular formula is C20H20O5S. The molecule has 0 spiro atoms. The number of ketones is 1. The van der Waals surface area contributed by atoms with Crippen molar-refractivity contribution in [2.24, 2.45) is 0 Å². The molecular weight excluding hydrogens is 352 g/mol. The predicted octanol–water partition coefficient (Wildman–Crippen LogP) is 2.95. The van der Waals surface area contributed by atoms with E-state index in [1.54, 1.807) is 31.4 Å². The van der Waals surface area contributed by atoms with Crippen molar-refractivity contribution in [1.29, 1.82) is 0 Å². The Morgan fingerprint density at radius 2 is 1.73 bits per heavy atom. The minimum Gasteiger partial charge on any atom is -0.497 e. The van der Waals surface area contributed by atoms with Crippen LogP contribution < -0.4 is 9.47 Å². The van der Waals surface area contributed by atoms with E-state index in [9.17, 15) is 14.7 Å². The van der Waals surface area contributed by atoms with E-state index in [0.717, 1.165) is 28.6 Å². The Balaban J connectivity index is 1.52. The summed E-state index contributed by atoms with van der Waals surface area (Å²) in [5.41, 5.74) is 1.73. The van der Waals surface area contributed by atoms with Crippen molar-refractivity contribution >= 4 is 22.7 Å². The van der Waals surface area contributed by atoms with Crippen molar-refractivity contribution in [2.45, 2.75) is 24.2 Å². The molecule has 0 aliphatic carbocycles. The minimum atomic E-state index is -0.737. The summed E-state index contributed by atoms with van der Waals surface area (Å²) in [6.45, 7) is 0.136. The SMILES string of the molecule is COc1ccc([C@@H](O)COc2ccc(CC3SC(=O)CC3=O)cc2)cc1. The number of rotatable bonds is 7. The smallest absolute Gasteiger partial charge is 0.197 e. The second-order valence-corrected chi connectivity index (χ2v) is 7.33. The van der Waals surface area contributed by atoms with Crippen LogP contribution in [0.1, 0.15) is 23.7 Å². The Kier molecular flexibility index (Phi) is 5.96. The van der Waals surface area contributed by atoms with Gasteiger partial charge >= 0.3 is 0 Å². The number of benzene rings is 2. The topological polar surface area (TPSA) is 72.8 Å². The number of hydrogen-bond donors (Lipinski definition) is 1. The average molecular weight is 372 g/mol. The maximum atomic E-state index is 11.7. The lowest BCUT2D eigenvalue weighted by Crippen LogP contribution is -2.13. The Morgan fingerprint density at radius 1 is 1.08 bits per heavy atom. The molecule has 1 N–H and O–H groups in total. The summed E-state index contributed by atoms with van der Waals surface area (Å²) in [5.74, 6) is 1.38. The predicted molar refractivity (Wildman–Crippen MR) is 99.6 cm³/mol. The third kappa shape index (κ3) is 4.65. The quantitative estimate of drug-likeness (QED) is 0.754. The molecule has 5 nitrogen and oxygen atoms in total. The first-order chi connectivity index (χ1) is 12.5. The zero-order chi connectivity index (χ0) is 18.5. The zero-order valence-electron chi connectivity index (χ0n) is 14.4. The summed E-state index contributed by atoms with van der Waals surface area (Å²) < 4.78 is 10.7. The standard InChI is InChI=1S/C20H20O5S/c1-24-15-8-4-14(5-9-15)18(22)12-25-16-6-2-13(3-7-16)10-19-17(21)11-20(23)26-19/h2-9,18-19,22H,10-12H2,1H3/t18-,19?/m0/s1. The van der Waals surface area contributed by atoms with Crippen LogP contribution in [0.15, 0.2) is 48.5 Å². The van der Waals surface area contributed by atoms with E-state index in [0.29, 0.717) is 12.2 Å². The van der Waals surface area contributed by atoms with Gasteiger partial charge in [0.05, 0.1) is 18.8 Å². The van der Waals surface area contributed by atoms with Crippen LogP contribution in [-0.4, -0.2) is 35.0 Å². The first-order valence-electron chi connectivity index (χ1n) is 8.31. The van der Waals surface area contributed by atoms with Crippen molar-refractivity contribution in [3.63, 3.8) is 0 Å². The molecule has 0 aromatic heterocycles. The molecule has 0 radical (unpaired) electrons. The fraction of sp³-hybridized carbons (Fsp3) is 0.300. The lowest BCUT2D eigenvalue weighted by atomic mass is 10.1. The Morgan fingerprint density at radius 3 is 2.31 bits per heavy atom. The van der Waals surface area contributed by atoms with Crippen LogP contribution in [0.3, 0.4) is 0 Å². The molecule has 6 heteroatoms. The monoisotopic (exact) mass is 372 g/mol. The van der Waals surface area contributed by atoms with E-state index in [1.165, 1.54) is 0 Å². The Hall–Kier alpha value is -2.31. The van der Waals surface area contributed by atoms with Crippen LogP contribution in [0.4, 0.5) is 0 Å². The summed E-state index contributed by atoms with van der Waals surface area (Å²) >= 11 is 1.13. The third-order valence-electron chi connectivity index (χ3n) is 4.20. The maximum absolute atomic E-state index is 11.7. The number of aliphatic hydroxyl groups is 1. The largest absolute Gasteiger partial charge is 0.497 e. The third-order valence-corrected chi connectivity index (χ3v) is 5.33. The zero-order valence-corrected chi connectivity index (χ0v) is 15.2. The van der Waals surface area contributed by atoms with E-state index in [4.69, 9.17) is 9.47 Å². The fourth-order valence-electron chi connectivity index (χ4n) is 2.71. The number of carbonyl (C=O) groups excluding carboxylic acids is 2. The van der Waals surface area contributed by atoms with Gasteiger partial charge in [0.25, 0.3) is 0 Å². The number of carbonyl (C=O) groups is 2. The van der Waals surface area contributed by atoms with Crippen molar-refractivity contribution in [2.75, 3.05) is 13.7 Å². The van der Waals surface area contributed by atoms with Crippen LogP contribution in [-0.2, 0) is 16.0 Å². The van der Waals surface area contributed by atoms with Crippen molar-refractivity contribution in [3.05, 3.63) is 59.7 Å². The molecule has 2 aromatic rings. The first kappa shape index (κ1) is 18.5. The molecule has 26 heavy (non-hydrogen) atoms. The van der Waals surface area contributed by atoms with Crippen LogP contribution in [0, 0.1) is 0 Å². The molecule has 2 atom stereocenters. The summed E-state index contributed by atoms with van der Waals surface area (Å²) in [5, 5.41) is 9.89. The molecule has 1 unspecified atom stereocenters. The molecule has 0 bridgehead atoms. The number of Topliss-reactive ketones (excluding diaryl/α,β-unsaturated/α-hetero) is 1. The van der Waals surface area contributed by atoms with Gasteiger partial charge in [0, 0.05) is 0 Å². The molecule has 0 amide bonds. The minimum absolute atomic E-state index is 0.00272. The lowest BCUT2D eigenvalue weighted by molar-refractivity contribution is -0.121. The van der Waals surface area contributed by atoms with Gasteiger partial charge in [-0.1, -0.05) is 36.0 Å². The highest BCUT2D eigenvalue weighted by atomic mass is 32.2. The number of methoxy groups -OCH3 is 1. The summed E-state index contributed by atoms with van der Waals surface area (Å²) in [7, 11) is 1.59. The molecule has 1 aliphatic heterocycles. The number of thioether (sulfide) groups is 1. The van der Waals surface area contributed by atoms with E-state index >= 15 is 0 Å². The fourth-order valence-corrected chi connectivity index (χ4v) is 3.74. The van der Waals surface area contributed by atoms with Crippen LogP contribution in [0.5, 0.6) is 11.5 Å². The van der Waals surface area contributed by atoms with Gasteiger partial charge in [0.2, 0.25) is 0 Å².